The van der Waals surface area contributed by atoms with Crippen LogP contribution in [0.3, 0.4) is 0 Å². The van der Waals surface area contributed by atoms with Gasteiger partial charge in [-0.15, -0.1) is 0 Å². The topological polar surface area (TPSA) is 79.3 Å². The number of H-pyrrole nitrogens is 1. The van der Waals surface area contributed by atoms with E-state index in [0.717, 1.165) is 16.6 Å². The van der Waals surface area contributed by atoms with Crippen LogP contribution in [0.2, 0.25) is 0 Å². The monoisotopic (exact) mass is 336 g/mol. The van der Waals surface area contributed by atoms with E-state index in [1.807, 2.05) is 0 Å². The number of hydrogen-bond acceptors (Lipinski definition) is 3. The highest BCUT2D eigenvalue weighted by Crippen LogP contribution is 2.30. The maximum absolute atomic E-state index is 12.6. The second kappa shape index (κ2) is 5.52. The second-order valence-electron chi connectivity index (χ2n) is 4.99. The Hall–Kier alpha value is -3.10. The Balaban J connectivity index is 2.13. The molecular formula is C15H11F3N4O2. The summed E-state index contributed by atoms with van der Waals surface area (Å²) >= 11 is 0. The van der Waals surface area contributed by atoms with E-state index >= 15 is 0 Å². The quantitative estimate of drug-likeness (QED) is 0.752. The first-order valence-electron chi connectivity index (χ1n) is 6.82. The molecule has 0 radical (unpaired) electrons. The molecule has 0 fully saturated rings. The third kappa shape index (κ3) is 2.64. The lowest BCUT2D eigenvalue weighted by Crippen LogP contribution is -2.19. The van der Waals surface area contributed by atoms with Crippen LogP contribution in [-0.2, 0) is 6.18 Å². The molecule has 6 nitrogen and oxygen atoms in total. The van der Waals surface area contributed by atoms with Crippen LogP contribution in [-0.4, -0.2) is 27.6 Å². The zero-order valence-corrected chi connectivity index (χ0v) is 12.3. The van der Waals surface area contributed by atoms with Gasteiger partial charge in [0, 0.05) is 13.1 Å². The van der Waals surface area contributed by atoms with E-state index < -0.39 is 23.2 Å². The SMILES string of the molecule is CNC(=O)c1cnn2c(=O)cc(-c3ccc(C(F)(F)F)cc3)[nH]c12. The number of benzene rings is 1. The number of carbonyl (C=O) groups is 1. The first-order valence-corrected chi connectivity index (χ1v) is 6.82. The molecule has 0 atom stereocenters. The Morgan fingerprint density at radius 3 is 2.50 bits per heavy atom. The summed E-state index contributed by atoms with van der Waals surface area (Å²) in [6.07, 6.45) is -3.20. The van der Waals surface area contributed by atoms with E-state index in [-0.39, 0.29) is 16.9 Å². The molecule has 124 valence electrons. The van der Waals surface area contributed by atoms with Crippen molar-refractivity contribution in [1.29, 1.82) is 0 Å². The molecule has 0 aliphatic heterocycles. The third-order valence-electron chi connectivity index (χ3n) is 3.49. The van der Waals surface area contributed by atoms with Gasteiger partial charge in [0.1, 0.15) is 5.56 Å². The van der Waals surface area contributed by atoms with Crippen LogP contribution in [0, 0.1) is 0 Å². The second-order valence-corrected chi connectivity index (χ2v) is 4.99. The minimum absolute atomic E-state index is 0.156. The van der Waals surface area contributed by atoms with Gasteiger partial charge in [-0.25, -0.2) is 0 Å². The summed E-state index contributed by atoms with van der Waals surface area (Å²) in [5, 5.41) is 6.25. The molecule has 1 amide bonds. The van der Waals surface area contributed by atoms with Gasteiger partial charge in [0.05, 0.1) is 17.5 Å². The van der Waals surface area contributed by atoms with Gasteiger partial charge in [-0.3, -0.25) is 9.59 Å². The van der Waals surface area contributed by atoms with E-state index in [4.69, 9.17) is 0 Å². The number of hydrogen-bond donors (Lipinski definition) is 2. The van der Waals surface area contributed by atoms with Crippen molar-refractivity contribution in [3.8, 4) is 11.3 Å². The fourth-order valence-electron chi connectivity index (χ4n) is 2.28. The van der Waals surface area contributed by atoms with E-state index in [9.17, 15) is 22.8 Å². The lowest BCUT2D eigenvalue weighted by atomic mass is 10.1. The van der Waals surface area contributed by atoms with Crippen molar-refractivity contribution in [1.82, 2.24) is 19.9 Å². The van der Waals surface area contributed by atoms with Gasteiger partial charge in [0.15, 0.2) is 5.65 Å². The van der Waals surface area contributed by atoms with Crippen molar-refractivity contribution in [2.24, 2.45) is 0 Å². The summed E-state index contributed by atoms with van der Waals surface area (Å²) in [7, 11) is 1.43. The predicted octanol–water partition coefficient (Wildman–Crippen LogP) is 2.07. The number of aromatic amines is 1. The van der Waals surface area contributed by atoms with Gasteiger partial charge in [0.2, 0.25) is 0 Å². The van der Waals surface area contributed by atoms with Crippen LogP contribution < -0.4 is 10.9 Å². The molecule has 0 spiro atoms. The van der Waals surface area contributed by atoms with E-state index in [2.05, 4.69) is 15.4 Å². The third-order valence-corrected chi connectivity index (χ3v) is 3.49. The zero-order chi connectivity index (χ0) is 17.5. The van der Waals surface area contributed by atoms with Crippen LogP contribution in [0.15, 0.2) is 41.3 Å². The average molecular weight is 336 g/mol. The summed E-state index contributed by atoms with van der Waals surface area (Å²) in [5.41, 5.74) is -0.308. The van der Waals surface area contributed by atoms with Crippen molar-refractivity contribution >= 4 is 11.6 Å². The molecule has 0 aliphatic carbocycles. The minimum atomic E-state index is -4.44. The van der Waals surface area contributed by atoms with Gasteiger partial charge in [-0.2, -0.15) is 22.8 Å². The summed E-state index contributed by atoms with van der Waals surface area (Å²) < 4.78 is 38.9. The number of amides is 1. The highest BCUT2D eigenvalue weighted by molar-refractivity contribution is 5.99. The normalized spacial score (nSPS) is 11.7. The number of aromatic nitrogens is 3. The summed E-state index contributed by atoms with van der Waals surface area (Å²) in [4.78, 5) is 26.7. The number of nitrogens with one attached hydrogen (secondary N) is 2. The molecule has 0 unspecified atom stereocenters. The maximum atomic E-state index is 12.6. The Morgan fingerprint density at radius 1 is 1.25 bits per heavy atom. The number of alkyl halides is 3. The lowest BCUT2D eigenvalue weighted by molar-refractivity contribution is -0.137. The fraction of sp³-hybridized carbons (Fsp3) is 0.133. The molecular weight excluding hydrogens is 325 g/mol. The molecule has 0 saturated carbocycles. The molecule has 3 rings (SSSR count). The van der Waals surface area contributed by atoms with Gasteiger partial charge in [-0.05, 0) is 17.7 Å². The van der Waals surface area contributed by atoms with Gasteiger partial charge < -0.3 is 10.3 Å². The first kappa shape index (κ1) is 15.8. The largest absolute Gasteiger partial charge is 0.416 e. The Kier molecular flexibility index (Phi) is 3.63. The number of halogens is 3. The molecule has 0 bridgehead atoms. The number of carbonyl (C=O) groups excluding carboxylic acids is 1. The molecule has 3 aromatic rings. The molecule has 0 saturated heterocycles. The van der Waals surface area contributed by atoms with E-state index in [1.54, 1.807) is 0 Å². The molecule has 2 aromatic heterocycles. The van der Waals surface area contributed by atoms with Crippen molar-refractivity contribution < 1.29 is 18.0 Å². The van der Waals surface area contributed by atoms with Crippen LogP contribution in [0.25, 0.3) is 16.9 Å². The average Bonchev–Trinajstić information content (AvgIpc) is 2.98. The molecule has 9 heteroatoms. The first-order chi connectivity index (χ1) is 11.3. The molecule has 1 aromatic carbocycles. The van der Waals surface area contributed by atoms with Crippen molar-refractivity contribution in [2.75, 3.05) is 7.05 Å². The lowest BCUT2D eigenvalue weighted by Gasteiger charge is -2.08. The van der Waals surface area contributed by atoms with E-state index in [1.165, 1.54) is 31.4 Å². The molecule has 2 N–H and O–H groups in total. The Bertz CT molecular complexity index is 971. The summed E-state index contributed by atoms with van der Waals surface area (Å²) in [6, 6.07) is 5.55. The van der Waals surface area contributed by atoms with Gasteiger partial charge in [-0.1, -0.05) is 12.1 Å². The number of fused-ring (bicyclic) bond motifs is 1. The van der Waals surface area contributed by atoms with Crippen molar-refractivity contribution in [3.63, 3.8) is 0 Å². The maximum Gasteiger partial charge on any atom is 0.416 e. The van der Waals surface area contributed by atoms with Crippen LogP contribution in [0.1, 0.15) is 15.9 Å². The van der Waals surface area contributed by atoms with Gasteiger partial charge in [0.25, 0.3) is 11.5 Å². The Morgan fingerprint density at radius 2 is 1.92 bits per heavy atom. The fourth-order valence-corrected chi connectivity index (χ4v) is 2.28. The smallest absolute Gasteiger partial charge is 0.355 e. The van der Waals surface area contributed by atoms with Crippen molar-refractivity contribution in [3.05, 3.63) is 58.0 Å². The van der Waals surface area contributed by atoms with Crippen LogP contribution in [0.5, 0.6) is 0 Å². The predicted molar refractivity (Wildman–Crippen MR) is 79.6 cm³/mol. The molecule has 2 heterocycles. The Labute approximate surface area is 132 Å². The highest BCUT2D eigenvalue weighted by Gasteiger charge is 2.30. The van der Waals surface area contributed by atoms with E-state index in [0.29, 0.717) is 5.56 Å². The zero-order valence-electron chi connectivity index (χ0n) is 12.3. The molecule has 0 aliphatic rings. The summed E-state index contributed by atoms with van der Waals surface area (Å²) in [6.45, 7) is 0. The summed E-state index contributed by atoms with van der Waals surface area (Å²) in [5.74, 6) is -0.440. The highest BCUT2D eigenvalue weighted by atomic mass is 19.4. The number of rotatable bonds is 2. The van der Waals surface area contributed by atoms with Crippen LogP contribution >= 0.6 is 0 Å². The van der Waals surface area contributed by atoms with Gasteiger partial charge >= 0.3 is 6.18 Å². The van der Waals surface area contributed by atoms with Crippen LogP contribution in [0.4, 0.5) is 13.2 Å². The number of nitrogens with zero attached hydrogens (tertiary/aromatic N) is 2. The standard InChI is InChI=1S/C15H11F3N4O2/c1-19-14(24)10-7-20-22-12(23)6-11(21-13(10)22)8-2-4-9(5-3-8)15(16,17)18/h2-7,21H,1H3,(H,19,24). The molecule has 24 heavy (non-hydrogen) atoms. The van der Waals surface area contributed by atoms with Crippen molar-refractivity contribution in [2.45, 2.75) is 6.18 Å². The minimum Gasteiger partial charge on any atom is -0.355 e.